The SMILES string of the molecule is Cc1ccccc1CNC(=O)[C@]1(C)CCCN(C(=O)c2cccc(Cl)c2)C1. The van der Waals surface area contributed by atoms with Crippen LogP contribution in [0.15, 0.2) is 48.5 Å². The highest BCUT2D eigenvalue weighted by atomic mass is 35.5. The van der Waals surface area contributed by atoms with Crippen LogP contribution in [0, 0.1) is 12.3 Å². The number of piperidine rings is 1. The first-order valence-electron chi connectivity index (χ1n) is 9.27. The summed E-state index contributed by atoms with van der Waals surface area (Å²) in [6, 6.07) is 15.0. The number of nitrogens with zero attached hydrogens (tertiary/aromatic N) is 1. The van der Waals surface area contributed by atoms with E-state index >= 15 is 0 Å². The van der Waals surface area contributed by atoms with E-state index < -0.39 is 5.41 Å². The minimum Gasteiger partial charge on any atom is -0.351 e. The molecule has 0 aliphatic carbocycles. The van der Waals surface area contributed by atoms with Gasteiger partial charge in [0.1, 0.15) is 0 Å². The quantitative estimate of drug-likeness (QED) is 0.858. The van der Waals surface area contributed by atoms with Crippen molar-refractivity contribution in [3.8, 4) is 0 Å². The fraction of sp³-hybridized carbons (Fsp3) is 0.364. The number of aryl methyl sites for hydroxylation is 1. The van der Waals surface area contributed by atoms with E-state index in [1.807, 2.05) is 38.1 Å². The van der Waals surface area contributed by atoms with Gasteiger partial charge in [0.05, 0.1) is 5.41 Å². The molecule has 2 amide bonds. The van der Waals surface area contributed by atoms with Crippen molar-refractivity contribution in [3.05, 3.63) is 70.2 Å². The molecule has 142 valence electrons. The van der Waals surface area contributed by atoms with E-state index in [2.05, 4.69) is 5.32 Å². The maximum absolute atomic E-state index is 12.9. The first-order valence-corrected chi connectivity index (χ1v) is 9.64. The number of carbonyl (C=O) groups is 2. The molecule has 1 heterocycles. The average molecular weight is 385 g/mol. The fourth-order valence-corrected chi connectivity index (χ4v) is 3.79. The van der Waals surface area contributed by atoms with E-state index in [1.54, 1.807) is 29.2 Å². The van der Waals surface area contributed by atoms with Gasteiger partial charge in [0.15, 0.2) is 0 Å². The molecule has 0 unspecified atom stereocenters. The summed E-state index contributed by atoms with van der Waals surface area (Å²) < 4.78 is 0. The van der Waals surface area contributed by atoms with Gasteiger partial charge in [-0.05, 0) is 56.0 Å². The molecule has 27 heavy (non-hydrogen) atoms. The summed E-state index contributed by atoms with van der Waals surface area (Å²) in [6.45, 7) is 5.56. The Labute approximate surface area is 165 Å². The highest BCUT2D eigenvalue weighted by Crippen LogP contribution is 2.31. The van der Waals surface area contributed by atoms with Crippen LogP contribution in [0.2, 0.25) is 5.02 Å². The lowest BCUT2D eigenvalue weighted by atomic mass is 9.80. The maximum atomic E-state index is 12.9. The van der Waals surface area contributed by atoms with Crippen LogP contribution in [0.1, 0.15) is 41.3 Å². The summed E-state index contributed by atoms with van der Waals surface area (Å²) in [7, 11) is 0. The highest BCUT2D eigenvalue weighted by Gasteiger charge is 2.39. The third-order valence-electron chi connectivity index (χ3n) is 5.30. The summed E-state index contributed by atoms with van der Waals surface area (Å²) in [4.78, 5) is 27.5. The molecule has 0 spiro atoms. The molecule has 4 nitrogen and oxygen atoms in total. The smallest absolute Gasteiger partial charge is 0.253 e. The van der Waals surface area contributed by atoms with E-state index in [1.165, 1.54) is 0 Å². The van der Waals surface area contributed by atoms with Crippen molar-refractivity contribution in [1.82, 2.24) is 10.2 Å². The third kappa shape index (κ3) is 4.51. The number of halogens is 1. The zero-order valence-corrected chi connectivity index (χ0v) is 16.6. The van der Waals surface area contributed by atoms with Gasteiger partial charge in [-0.25, -0.2) is 0 Å². The predicted molar refractivity (Wildman–Crippen MR) is 108 cm³/mol. The predicted octanol–water partition coefficient (Wildman–Crippen LogP) is 4.21. The van der Waals surface area contributed by atoms with Crippen LogP contribution >= 0.6 is 11.6 Å². The number of benzene rings is 2. The van der Waals surface area contributed by atoms with Crippen molar-refractivity contribution < 1.29 is 9.59 Å². The van der Waals surface area contributed by atoms with Crippen molar-refractivity contribution in [2.24, 2.45) is 5.41 Å². The number of rotatable bonds is 4. The molecule has 1 N–H and O–H groups in total. The van der Waals surface area contributed by atoms with E-state index in [9.17, 15) is 9.59 Å². The van der Waals surface area contributed by atoms with E-state index in [0.717, 1.165) is 24.0 Å². The average Bonchev–Trinajstić information content (AvgIpc) is 2.66. The minimum absolute atomic E-state index is 0.00523. The van der Waals surface area contributed by atoms with Gasteiger partial charge >= 0.3 is 0 Å². The number of likely N-dealkylation sites (tertiary alicyclic amines) is 1. The van der Waals surface area contributed by atoms with Gasteiger partial charge < -0.3 is 10.2 Å². The molecule has 1 aliphatic heterocycles. The zero-order chi connectivity index (χ0) is 19.4. The van der Waals surface area contributed by atoms with E-state index in [-0.39, 0.29) is 11.8 Å². The Hall–Kier alpha value is -2.33. The number of nitrogens with one attached hydrogen (secondary N) is 1. The largest absolute Gasteiger partial charge is 0.351 e. The summed E-state index contributed by atoms with van der Waals surface area (Å²) >= 11 is 6.01. The van der Waals surface area contributed by atoms with Crippen LogP contribution in [0.3, 0.4) is 0 Å². The third-order valence-corrected chi connectivity index (χ3v) is 5.54. The molecule has 1 fully saturated rings. The Morgan fingerprint density at radius 3 is 2.70 bits per heavy atom. The van der Waals surface area contributed by atoms with E-state index in [0.29, 0.717) is 30.2 Å². The number of hydrogen-bond acceptors (Lipinski definition) is 2. The first-order chi connectivity index (χ1) is 12.9. The monoisotopic (exact) mass is 384 g/mol. The molecule has 0 bridgehead atoms. The Kier molecular flexibility index (Phi) is 5.85. The Bertz CT molecular complexity index is 852. The second-order valence-corrected chi connectivity index (χ2v) is 7.95. The van der Waals surface area contributed by atoms with Gasteiger partial charge in [0, 0.05) is 30.2 Å². The molecular weight excluding hydrogens is 360 g/mol. The van der Waals surface area contributed by atoms with Gasteiger partial charge in [-0.2, -0.15) is 0 Å². The first kappa shape index (κ1) is 19.4. The Morgan fingerprint density at radius 2 is 1.96 bits per heavy atom. The Morgan fingerprint density at radius 1 is 1.19 bits per heavy atom. The molecule has 0 saturated carbocycles. The topological polar surface area (TPSA) is 49.4 Å². The van der Waals surface area contributed by atoms with Crippen LogP contribution < -0.4 is 5.32 Å². The van der Waals surface area contributed by atoms with Crippen LogP contribution in [0.5, 0.6) is 0 Å². The lowest BCUT2D eigenvalue weighted by molar-refractivity contribution is -0.132. The molecule has 2 aromatic carbocycles. The molecule has 1 aliphatic rings. The van der Waals surface area contributed by atoms with Gasteiger partial charge in [-0.1, -0.05) is 41.9 Å². The van der Waals surface area contributed by atoms with Crippen LogP contribution in [-0.4, -0.2) is 29.8 Å². The van der Waals surface area contributed by atoms with Gasteiger partial charge in [0.2, 0.25) is 5.91 Å². The standard InChI is InChI=1S/C22H25ClN2O2/c1-16-7-3-4-8-18(16)14-24-21(27)22(2)11-6-12-25(15-22)20(26)17-9-5-10-19(23)13-17/h3-5,7-10,13H,6,11-12,14-15H2,1-2H3,(H,24,27)/t22-/m1/s1. The van der Waals surface area contributed by atoms with Gasteiger partial charge in [-0.3, -0.25) is 9.59 Å². The molecule has 1 saturated heterocycles. The van der Waals surface area contributed by atoms with Crippen molar-refractivity contribution >= 4 is 23.4 Å². The second kappa shape index (κ2) is 8.13. The molecule has 1 atom stereocenters. The molecule has 5 heteroatoms. The van der Waals surface area contributed by atoms with Crippen molar-refractivity contribution in [1.29, 1.82) is 0 Å². The lowest BCUT2D eigenvalue weighted by Crippen LogP contribution is -2.51. The summed E-state index contributed by atoms with van der Waals surface area (Å²) in [6.07, 6.45) is 1.58. The number of amides is 2. The molecule has 2 aromatic rings. The van der Waals surface area contributed by atoms with Gasteiger partial charge in [-0.15, -0.1) is 0 Å². The maximum Gasteiger partial charge on any atom is 0.253 e. The number of hydrogen-bond donors (Lipinski definition) is 1. The van der Waals surface area contributed by atoms with E-state index in [4.69, 9.17) is 11.6 Å². The minimum atomic E-state index is -0.588. The summed E-state index contributed by atoms with van der Waals surface area (Å²) in [5, 5.41) is 3.60. The second-order valence-electron chi connectivity index (χ2n) is 7.51. The lowest BCUT2D eigenvalue weighted by Gasteiger charge is -2.39. The van der Waals surface area contributed by atoms with Crippen molar-refractivity contribution in [2.75, 3.05) is 13.1 Å². The van der Waals surface area contributed by atoms with Gasteiger partial charge in [0.25, 0.3) is 5.91 Å². The summed E-state index contributed by atoms with van der Waals surface area (Å²) in [5.41, 5.74) is 2.24. The van der Waals surface area contributed by atoms with Crippen LogP contribution in [0.25, 0.3) is 0 Å². The van der Waals surface area contributed by atoms with Crippen molar-refractivity contribution in [2.45, 2.75) is 33.2 Å². The fourth-order valence-electron chi connectivity index (χ4n) is 3.60. The Balaban J connectivity index is 1.67. The number of carbonyl (C=O) groups excluding carboxylic acids is 2. The normalized spacial score (nSPS) is 19.6. The van der Waals surface area contributed by atoms with Crippen LogP contribution in [-0.2, 0) is 11.3 Å². The molecule has 3 rings (SSSR count). The molecule has 0 radical (unpaired) electrons. The highest BCUT2D eigenvalue weighted by molar-refractivity contribution is 6.30. The summed E-state index contributed by atoms with van der Waals surface area (Å²) in [5.74, 6) is -0.0792. The zero-order valence-electron chi connectivity index (χ0n) is 15.8. The van der Waals surface area contributed by atoms with Crippen LogP contribution in [0.4, 0.5) is 0 Å². The van der Waals surface area contributed by atoms with Crippen molar-refractivity contribution in [3.63, 3.8) is 0 Å². The molecule has 0 aromatic heterocycles. The molecular formula is C22H25ClN2O2.